The smallest absolute Gasteiger partial charge is 0.310 e. The van der Waals surface area contributed by atoms with E-state index in [9.17, 15) is 14.2 Å². The fraction of sp³-hybridized carbons (Fsp3) is 0.875. The monoisotopic (exact) mass is 366 g/mol. The highest BCUT2D eigenvalue weighted by Gasteiger charge is 2.35. The zero-order valence-corrected chi connectivity index (χ0v) is 16.3. The Balaban J connectivity index is 0. The fourth-order valence-corrected chi connectivity index (χ4v) is 4.47. The van der Waals surface area contributed by atoms with Crippen LogP contribution in [0.4, 0.5) is 0 Å². The van der Waals surface area contributed by atoms with E-state index in [4.69, 9.17) is 4.52 Å². The van der Waals surface area contributed by atoms with Crippen molar-refractivity contribution in [2.75, 3.05) is 34.5 Å². The average Bonchev–Trinajstić information content (AvgIpc) is 2.51. The predicted molar refractivity (Wildman–Crippen MR) is 97.3 cm³/mol. The van der Waals surface area contributed by atoms with Crippen LogP contribution in [0.15, 0.2) is 0 Å². The van der Waals surface area contributed by atoms with Gasteiger partial charge in [0.15, 0.2) is 0 Å². The lowest BCUT2D eigenvalue weighted by Gasteiger charge is -2.30. The van der Waals surface area contributed by atoms with Gasteiger partial charge in [0.2, 0.25) is 13.3 Å². The normalized spacial score (nSPS) is 18.5. The van der Waals surface area contributed by atoms with E-state index in [1.165, 1.54) is 14.2 Å². The maximum atomic E-state index is 12.9. The molecule has 0 aliphatic carbocycles. The molecule has 7 nitrogen and oxygen atoms in total. The second-order valence-corrected chi connectivity index (χ2v) is 9.13. The number of carbonyl (C=O) groups excluding carboxylic acids is 2. The third kappa shape index (κ3) is 6.91. The number of rotatable bonds is 9. The van der Waals surface area contributed by atoms with Crippen LogP contribution in [0, 0.1) is 11.8 Å². The number of nitrogens with one attached hydrogen (secondary N) is 1. The third-order valence-electron chi connectivity index (χ3n) is 4.29. The minimum atomic E-state index is -2.98. The van der Waals surface area contributed by atoms with Gasteiger partial charge in [-0.15, -0.1) is 0 Å². The summed E-state index contributed by atoms with van der Waals surface area (Å²) in [5.41, 5.74) is 0. The molecule has 0 fully saturated rings. The first-order chi connectivity index (χ1) is 10.5. The molecule has 0 aromatic rings. The molecule has 0 saturated carbocycles. The number of hydrogen-bond acceptors (Lipinski definition) is 6. The Morgan fingerprint density at radius 2 is 1.62 bits per heavy atom. The number of nitrogens with zero attached hydrogens (tertiary/aromatic N) is 1. The number of hydrogen-bond donors (Lipinski definition) is 1. The predicted octanol–water partition coefficient (Wildman–Crippen LogP) is 2.40. The van der Waals surface area contributed by atoms with Crippen molar-refractivity contribution >= 4 is 19.2 Å². The van der Waals surface area contributed by atoms with E-state index >= 15 is 0 Å². The summed E-state index contributed by atoms with van der Waals surface area (Å²) in [5, 5.41) is 2.78. The Labute approximate surface area is 146 Å². The quantitative estimate of drug-likeness (QED) is 0.498. The van der Waals surface area contributed by atoms with Crippen molar-refractivity contribution in [1.29, 1.82) is 0 Å². The van der Waals surface area contributed by atoms with Crippen LogP contribution < -0.4 is 5.32 Å². The molecular formula is C16H35N2O5P. The van der Waals surface area contributed by atoms with Gasteiger partial charge in [-0.1, -0.05) is 14.4 Å². The first kappa shape index (κ1) is 25.3. The van der Waals surface area contributed by atoms with Crippen molar-refractivity contribution in [3.63, 3.8) is 0 Å². The first-order valence-corrected chi connectivity index (χ1v) is 9.57. The highest BCUT2D eigenvalue weighted by atomic mass is 31.2. The average molecular weight is 366 g/mol. The van der Waals surface area contributed by atoms with Crippen LogP contribution in [-0.2, 0) is 23.4 Å². The van der Waals surface area contributed by atoms with Gasteiger partial charge in [0.05, 0.1) is 18.8 Å². The highest BCUT2D eigenvalue weighted by molar-refractivity contribution is 7.59. The molecule has 8 heteroatoms. The van der Waals surface area contributed by atoms with Crippen LogP contribution in [-0.4, -0.2) is 63.1 Å². The molecule has 0 aromatic heterocycles. The molecule has 0 heterocycles. The Morgan fingerprint density at radius 1 is 1.12 bits per heavy atom. The standard InChI is InChI=1S/C15H31N2O5P.CH4/c1-10(9-23(20,22-8)13(4)17(5)6)14(18)16-12(3)11(2)15(19)21-7;/h10-13H,9H2,1-8H3,(H,16,18);1H4. The lowest BCUT2D eigenvalue weighted by molar-refractivity contribution is -0.145. The van der Waals surface area contributed by atoms with Crippen molar-refractivity contribution < 1.29 is 23.4 Å². The Kier molecular flexibility index (Phi) is 11.5. The molecule has 0 aromatic carbocycles. The van der Waals surface area contributed by atoms with E-state index in [0.29, 0.717) is 0 Å². The van der Waals surface area contributed by atoms with Gasteiger partial charge < -0.3 is 14.6 Å². The van der Waals surface area contributed by atoms with Gasteiger partial charge in [-0.2, -0.15) is 0 Å². The Morgan fingerprint density at radius 3 is 2.00 bits per heavy atom. The van der Waals surface area contributed by atoms with Gasteiger partial charge in [-0.05, 0) is 34.9 Å². The SMILES string of the molecule is C.COC(=O)C(C)C(C)NC(=O)C(C)CP(=O)(OC)C(C)N(C)C. The summed E-state index contributed by atoms with van der Waals surface area (Å²) < 4.78 is 22.8. The maximum Gasteiger partial charge on any atom is 0.310 e. The highest BCUT2D eigenvalue weighted by Crippen LogP contribution is 2.53. The second kappa shape index (κ2) is 10.9. The molecule has 144 valence electrons. The molecule has 0 aliphatic rings. The third-order valence-corrected chi connectivity index (χ3v) is 7.57. The fourth-order valence-electron chi connectivity index (χ4n) is 2.08. The lowest BCUT2D eigenvalue weighted by atomic mass is 10.0. The van der Waals surface area contributed by atoms with E-state index in [-0.39, 0.29) is 37.3 Å². The molecule has 24 heavy (non-hydrogen) atoms. The summed E-state index contributed by atoms with van der Waals surface area (Å²) in [7, 11) is 3.39. The summed E-state index contributed by atoms with van der Waals surface area (Å²) in [5.74, 6) is -1.86. The first-order valence-electron chi connectivity index (χ1n) is 7.69. The number of amides is 1. The number of methoxy groups -OCH3 is 1. The van der Waals surface area contributed by atoms with Gasteiger partial charge in [-0.25, -0.2) is 0 Å². The van der Waals surface area contributed by atoms with Crippen LogP contribution in [0.2, 0.25) is 0 Å². The molecule has 1 amide bonds. The summed E-state index contributed by atoms with van der Waals surface area (Å²) in [6, 6.07) is -0.370. The van der Waals surface area contributed by atoms with E-state index in [0.717, 1.165) is 0 Å². The van der Waals surface area contributed by atoms with Crippen LogP contribution >= 0.6 is 7.37 Å². The molecule has 5 unspecified atom stereocenters. The van der Waals surface area contributed by atoms with Crippen molar-refractivity contribution in [3.05, 3.63) is 0 Å². The molecule has 0 rings (SSSR count). The van der Waals surface area contributed by atoms with Gasteiger partial charge >= 0.3 is 5.97 Å². The maximum absolute atomic E-state index is 12.9. The number of carbonyl (C=O) groups is 2. The minimum Gasteiger partial charge on any atom is -0.469 e. The van der Waals surface area contributed by atoms with Crippen LogP contribution in [0.5, 0.6) is 0 Å². The zero-order valence-electron chi connectivity index (χ0n) is 15.5. The summed E-state index contributed by atoms with van der Waals surface area (Å²) in [4.78, 5) is 25.6. The van der Waals surface area contributed by atoms with Gasteiger partial charge in [0.25, 0.3) is 0 Å². The summed E-state index contributed by atoms with van der Waals surface area (Å²) >= 11 is 0. The van der Waals surface area contributed by atoms with E-state index in [1.54, 1.807) is 20.8 Å². The zero-order chi connectivity index (χ0) is 18.4. The van der Waals surface area contributed by atoms with Crippen molar-refractivity contribution in [1.82, 2.24) is 10.2 Å². The van der Waals surface area contributed by atoms with Gasteiger partial charge in [0, 0.05) is 25.2 Å². The van der Waals surface area contributed by atoms with Crippen molar-refractivity contribution in [2.24, 2.45) is 11.8 Å². The Hall–Kier alpha value is -0.910. The lowest BCUT2D eigenvalue weighted by Crippen LogP contribution is -2.43. The van der Waals surface area contributed by atoms with Crippen LogP contribution in [0.1, 0.15) is 35.1 Å². The molecule has 5 atom stereocenters. The van der Waals surface area contributed by atoms with Crippen LogP contribution in [0.3, 0.4) is 0 Å². The van der Waals surface area contributed by atoms with E-state index < -0.39 is 19.2 Å². The largest absolute Gasteiger partial charge is 0.469 e. The number of esters is 1. The van der Waals surface area contributed by atoms with Gasteiger partial charge in [0.1, 0.15) is 0 Å². The molecule has 0 spiro atoms. The molecule has 0 radical (unpaired) electrons. The summed E-state index contributed by atoms with van der Waals surface area (Å²) in [6.07, 6.45) is 0.147. The van der Waals surface area contributed by atoms with Crippen LogP contribution in [0.25, 0.3) is 0 Å². The van der Waals surface area contributed by atoms with Crippen molar-refractivity contribution in [2.45, 2.75) is 46.9 Å². The molecule has 0 aliphatic heterocycles. The van der Waals surface area contributed by atoms with E-state index in [2.05, 4.69) is 10.1 Å². The van der Waals surface area contributed by atoms with E-state index in [1.807, 2.05) is 25.9 Å². The molecule has 0 bridgehead atoms. The minimum absolute atomic E-state index is 0. The van der Waals surface area contributed by atoms with Crippen molar-refractivity contribution in [3.8, 4) is 0 Å². The second-order valence-electron chi connectivity index (χ2n) is 6.20. The summed E-state index contributed by atoms with van der Waals surface area (Å²) in [6.45, 7) is 6.95. The van der Waals surface area contributed by atoms with Gasteiger partial charge in [-0.3, -0.25) is 19.1 Å². The topological polar surface area (TPSA) is 84.9 Å². The molecular weight excluding hydrogens is 331 g/mol. The Bertz CT molecular complexity index is 456. The molecule has 1 N–H and O–H groups in total. The molecule has 0 saturated heterocycles. The number of ether oxygens (including phenoxy) is 1.